The van der Waals surface area contributed by atoms with Crippen molar-refractivity contribution in [2.45, 2.75) is 25.8 Å². The Labute approximate surface area is 121 Å². The highest BCUT2D eigenvalue weighted by Gasteiger charge is 2.17. The predicted molar refractivity (Wildman–Crippen MR) is 74.3 cm³/mol. The maximum absolute atomic E-state index is 13.5. The normalized spacial score (nSPS) is 12.7. The van der Waals surface area contributed by atoms with Gasteiger partial charge in [-0.25, -0.2) is 4.39 Å². The highest BCUT2D eigenvalue weighted by Crippen LogP contribution is 2.31. The van der Waals surface area contributed by atoms with Gasteiger partial charge in [0.05, 0.1) is 5.02 Å². The van der Waals surface area contributed by atoms with Crippen molar-refractivity contribution in [1.29, 1.82) is 0 Å². The van der Waals surface area contributed by atoms with Crippen LogP contribution in [0.2, 0.25) is 10.0 Å². The van der Waals surface area contributed by atoms with Gasteiger partial charge in [-0.1, -0.05) is 23.2 Å². The van der Waals surface area contributed by atoms with Crippen LogP contribution in [-0.2, 0) is 4.79 Å². The summed E-state index contributed by atoms with van der Waals surface area (Å²) in [6.07, 6.45) is 0.642. The van der Waals surface area contributed by atoms with Gasteiger partial charge in [0, 0.05) is 17.5 Å². The van der Waals surface area contributed by atoms with Crippen LogP contribution in [0.4, 0.5) is 4.39 Å². The van der Waals surface area contributed by atoms with E-state index in [1.807, 2.05) is 18.9 Å². The lowest BCUT2D eigenvalue weighted by Gasteiger charge is -2.25. The Hall–Kier alpha value is -0.840. The van der Waals surface area contributed by atoms with E-state index in [2.05, 4.69) is 0 Å². The molecular weight excluding hydrogens is 292 g/mol. The lowest BCUT2D eigenvalue weighted by atomic mass is 10.1. The second-order valence-electron chi connectivity index (χ2n) is 4.44. The smallest absolute Gasteiger partial charge is 0.303 e. The van der Waals surface area contributed by atoms with Crippen LogP contribution >= 0.6 is 23.2 Å². The molecule has 6 heteroatoms. The molecule has 0 saturated heterocycles. The van der Waals surface area contributed by atoms with Gasteiger partial charge in [0.25, 0.3) is 0 Å². The van der Waals surface area contributed by atoms with Crippen molar-refractivity contribution in [3.05, 3.63) is 33.6 Å². The van der Waals surface area contributed by atoms with Gasteiger partial charge >= 0.3 is 5.97 Å². The summed E-state index contributed by atoms with van der Waals surface area (Å²) in [5.41, 5.74) is 0.640. The third kappa shape index (κ3) is 4.64. The van der Waals surface area contributed by atoms with E-state index >= 15 is 0 Å². The van der Waals surface area contributed by atoms with Crippen molar-refractivity contribution < 1.29 is 14.3 Å². The van der Waals surface area contributed by atoms with E-state index in [9.17, 15) is 9.18 Å². The Morgan fingerprint density at radius 1 is 1.42 bits per heavy atom. The second kappa shape index (κ2) is 7.08. The topological polar surface area (TPSA) is 40.5 Å². The third-order valence-corrected chi connectivity index (χ3v) is 3.67. The molecule has 0 saturated carbocycles. The Morgan fingerprint density at radius 3 is 2.63 bits per heavy atom. The molecule has 0 aliphatic carbocycles. The van der Waals surface area contributed by atoms with E-state index in [-0.39, 0.29) is 17.5 Å². The summed E-state index contributed by atoms with van der Waals surface area (Å²) in [6.45, 7) is 2.48. The van der Waals surface area contributed by atoms with Crippen molar-refractivity contribution in [1.82, 2.24) is 4.90 Å². The highest BCUT2D eigenvalue weighted by atomic mass is 35.5. The molecule has 0 amide bonds. The first-order valence-corrected chi connectivity index (χ1v) is 6.65. The number of halogens is 3. The zero-order valence-electron chi connectivity index (χ0n) is 10.8. The second-order valence-corrected chi connectivity index (χ2v) is 5.26. The van der Waals surface area contributed by atoms with Crippen molar-refractivity contribution >= 4 is 29.2 Å². The van der Waals surface area contributed by atoms with Crippen LogP contribution in [0.5, 0.6) is 0 Å². The minimum atomic E-state index is -0.823. The molecule has 1 N–H and O–H groups in total. The van der Waals surface area contributed by atoms with Gasteiger partial charge < -0.3 is 5.11 Å². The number of aliphatic carboxylic acids is 1. The maximum Gasteiger partial charge on any atom is 0.303 e. The summed E-state index contributed by atoms with van der Waals surface area (Å²) in [7, 11) is 1.84. The van der Waals surface area contributed by atoms with Crippen LogP contribution < -0.4 is 0 Å². The zero-order chi connectivity index (χ0) is 14.6. The fraction of sp³-hybridized carbons (Fsp3) is 0.462. The summed E-state index contributed by atoms with van der Waals surface area (Å²) >= 11 is 11.7. The number of benzene rings is 1. The summed E-state index contributed by atoms with van der Waals surface area (Å²) in [5.74, 6) is -1.33. The summed E-state index contributed by atoms with van der Waals surface area (Å²) < 4.78 is 13.5. The molecule has 0 bridgehead atoms. The average Bonchev–Trinajstić information content (AvgIpc) is 2.32. The minimum absolute atomic E-state index is 0.00511. The maximum atomic E-state index is 13.5. The zero-order valence-corrected chi connectivity index (χ0v) is 12.3. The first kappa shape index (κ1) is 16.2. The molecule has 0 spiro atoms. The molecule has 0 heterocycles. The predicted octanol–water partition coefficient (Wildman–Crippen LogP) is 3.99. The standard InChI is InChI=1S/C13H16Cl2FNO2/c1-8(17(2)5-3-4-13(18)19)9-6-12(16)11(15)7-10(9)14/h6-8H,3-5H2,1-2H3,(H,18,19). The first-order valence-electron chi connectivity index (χ1n) is 5.89. The van der Waals surface area contributed by atoms with Crippen molar-refractivity contribution in [2.75, 3.05) is 13.6 Å². The van der Waals surface area contributed by atoms with E-state index in [0.29, 0.717) is 23.6 Å². The van der Waals surface area contributed by atoms with E-state index in [4.69, 9.17) is 28.3 Å². The van der Waals surface area contributed by atoms with E-state index < -0.39 is 11.8 Å². The van der Waals surface area contributed by atoms with Crippen LogP contribution in [0.15, 0.2) is 12.1 Å². The summed E-state index contributed by atoms with van der Waals surface area (Å²) in [5, 5.41) is 8.99. The van der Waals surface area contributed by atoms with Gasteiger partial charge in [-0.15, -0.1) is 0 Å². The van der Waals surface area contributed by atoms with Gasteiger partial charge in [0.1, 0.15) is 5.82 Å². The SMILES string of the molecule is CC(c1cc(F)c(Cl)cc1Cl)N(C)CCCC(=O)O. The average molecular weight is 308 g/mol. The molecule has 0 fully saturated rings. The number of rotatable bonds is 6. The quantitative estimate of drug-likeness (QED) is 0.808. The highest BCUT2D eigenvalue weighted by molar-refractivity contribution is 6.35. The number of nitrogens with zero attached hydrogens (tertiary/aromatic N) is 1. The van der Waals surface area contributed by atoms with E-state index in [1.54, 1.807) is 0 Å². The monoisotopic (exact) mass is 307 g/mol. The molecule has 3 nitrogen and oxygen atoms in total. The van der Waals surface area contributed by atoms with E-state index in [0.717, 1.165) is 0 Å². The van der Waals surface area contributed by atoms with Crippen LogP contribution in [0, 0.1) is 5.82 Å². The fourth-order valence-corrected chi connectivity index (χ4v) is 2.31. The van der Waals surface area contributed by atoms with Crippen LogP contribution in [0.25, 0.3) is 0 Å². The Morgan fingerprint density at radius 2 is 2.05 bits per heavy atom. The molecule has 1 rings (SSSR count). The number of hydrogen-bond acceptors (Lipinski definition) is 2. The first-order chi connectivity index (χ1) is 8.82. The molecular formula is C13H16Cl2FNO2. The molecule has 1 unspecified atom stereocenters. The molecule has 0 aromatic heterocycles. The van der Waals surface area contributed by atoms with Gasteiger partial charge in [-0.05, 0) is 44.6 Å². The molecule has 0 radical (unpaired) electrons. The van der Waals surface area contributed by atoms with Gasteiger partial charge in [0.2, 0.25) is 0 Å². The number of carbonyl (C=O) groups is 1. The molecule has 106 valence electrons. The number of carboxylic acids is 1. The summed E-state index contributed by atoms with van der Waals surface area (Å²) in [4.78, 5) is 12.4. The third-order valence-electron chi connectivity index (χ3n) is 3.05. The van der Waals surface area contributed by atoms with E-state index in [1.165, 1.54) is 12.1 Å². The van der Waals surface area contributed by atoms with Gasteiger partial charge in [0.15, 0.2) is 0 Å². The lowest BCUT2D eigenvalue weighted by Crippen LogP contribution is -2.24. The summed E-state index contributed by atoms with van der Waals surface area (Å²) in [6, 6.07) is 2.59. The Bertz CT molecular complexity index is 468. The largest absolute Gasteiger partial charge is 0.481 e. The van der Waals surface area contributed by atoms with Crippen molar-refractivity contribution in [2.24, 2.45) is 0 Å². The fourth-order valence-electron chi connectivity index (χ4n) is 1.77. The van der Waals surface area contributed by atoms with Gasteiger partial charge in [-0.2, -0.15) is 0 Å². The van der Waals surface area contributed by atoms with Gasteiger partial charge in [-0.3, -0.25) is 9.69 Å². The Balaban J connectivity index is 2.73. The molecule has 0 aliphatic heterocycles. The molecule has 1 atom stereocenters. The number of hydrogen-bond donors (Lipinski definition) is 1. The Kier molecular flexibility index (Phi) is 6.04. The molecule has 19 heavy (non-hydrogen) atoms. The molecule has 1 aromatic rings. The minimum Gasteiger partial charge on any atom is -0.481 e. The van der Waals surface area contributed by atoms with Crippen LogP contribution in [-0.4, -0.2) is 29.6 Å². The lowest BCUT2D eigenvalue weighted by molar-refractivity contribution is -0.137. The van der Waals surface area contributed by atoms with Crippen molar-refractivity contribution in [3.8, 4) is 0 Å². The molecule has 1 aromatic carbocycles. The van der Waals surface area contributed by atoms with Crippen LogP contribution in [0.3, 0.4) is 0 Å². The van der Waals surface area contributed by atoms with Crippen molar-refractivity contribution in [3.63, 3.8) is 0 Å². The molecule has 0 aliphatic rings. The van der Waals surface area contributed by atoms with Crippen LogP contribution in [0.1, 0.15) is 31.4 Å². The number of carboxylic acid groups (broad SMARTS) is 1.